The third kappa shape index (κ3) is 5.95. The van der Waals surface area contributed by atoms with E-state index in [1.165, 1.54) is 24.8 Å². The standard InChI is InChI=1S/C15H21N7O.C10H11NO/c1-10-11(8-18-21(10)2)19-15-13(14(16)23)17-9-12(20-15)22-6-4-3-5-7-22;11-10(12)9-5-3-8(4-6-9)7-1-2-7/h8-9H,3-7H2,1-2H3,(H2,16,23)(H,19,20);3-7H,1-2H2,(H2,11,12). The van der Waals surface area contributed by atoms with E-state index in [2.05, 4.69) is 25.3 Å². The zero-order chi connectivity index (χ0) is 24.9. The quantitative estimate of drug-likeness (QED) is 0.496. The van der Waals surface area contributed by atoms with Crippen LogP contribution in [0.2, 0.25) is 0 Å². The molecule has 1 saturated heterocycles. The zero-order valence-electron chi connectivity index (χ0n) is 20.2. The maximum atomic E-state index is 11.6. The number of anilines is 3. The molecule has 5 N–H and O–H groups in total. The number of nitrogens with one attached hydrogen (secondary N) is 1. The number of amides is 2. The fourth-order valence-electron chi connectivity index (χ4n) is 4.01. The summed E-state index contributed by atoms with van der Waals surface area (Å²) in [6.07, 6.45) is 9.41. The maximum absolute atomic E-state index is 11.6. The SMILES string of the molecule is Cc1c(Nc2nc(N3CCCCC3)cnc2C(N)=O)cnn1C.NC(=O)c1ccc(C2CC2)cc1. The van der Waals surface area contributed by atoms with Crippen LogP contribution in [-0.2, 0) is 7.05 Å². The summed E-state index contributed by atoms with van der Waals surface area (Å²) in [6, 6.07) is 7.60. The van der Waals surface area contributed by atoms with Crippen LogP contribution in [0, 0.1) is 6.92 Å². The van der Waals surface area contributed by atoms with E-state index in [0.717, 1.165) is 49.0 Å². The number of carbonyl (C=O) groups excluding carboxylic acids is 2. The molecular formula is C25H32N8O2. The van der Waals surface area contributed by atoms with Gasteiger partial charge in [-0.25, -0.2) is 9.97 Å². The molecule has 2 fully saturated rings. The number of nitrogens with two attached hydrogens (primary N) is 2. The molecule has 1 aromatic carbocycles. The van der Waals surface area contributed by atoms with Crippen molar-refractivity contribution in [3.8, 4) is 0 Å². The summed E-state index contributed by atoms with van der Waals surface area (Å²) in [5.74, 6) is 0.923. The Bertz CT molecular complexity index is 1190. The molecule has 0 spiro atoms. The van der Waals surface area contributed by atoms with Crippen molar-refractivity contribution in [2.45, 2.75) is 44.9 Å². The van der Waals surface area contributed by atoms with E-state index in [4.69, 9.17) is 11.5 Å². The highest BCUT2D eigenvalue weighted by atomic mass is 16.1. The average molecular weight is 477 g/mol. The number of benzene rings is 1. The third-order valence-corrected chi connectivity index (χ3v) is 6.41. The van der Waals surface area contributed by atoms with Crippen LogP contribution < -0.4 is 21.7 Å². The lowest BCUT2D eigenvalue weighted by molar-refractivity contribution is 0.0989. The van der Waals surface area contributed by atoms with Crippen LogP contribution in [0.1, 0.15) is 70.1 Å². The molecule has 0 atom stereocenters. The molecule has 2 aliphatic rings. The van der Waals surface area contributed by atoms with Crippen molar-refractivity contribution in [3.05, 3.63) is 59.2 Å². The minimum Gasteiger partial charge on any atom is -0.366 e. The number of aryl methyl sites for hydroxylation is 1. The summed E-state index contributed by atoms with van der Waals surface area (Å²) < 4.78 is 1.74. The Morgan fingerprint density at radius 2 is 1.69 bits per heavy atom. The van der Waals surface area contributed by atoms with Crippen molar-refractivity contribution in [1.29, 1.82) is 0 Å². The normalized spacial score (nSPS) is 15.2. The van der Waals surface area contributed by atoms with Crippen LogP contribution >= 0.6 is 0 Å². The highest BCUT2D eigenvalue weighted by Gasteiger charge is 2.23. The van der Waals surface area contributed by atoms with Crippen LogP contribution in [0.3, 0.4) is 0 Å². The highest BCUT2D eigenvalue weighted by molar-refractivity contribution is 5.96. The van der Waals surface area contributed by atoms with Crippen molar-refractivity contribution < 1.29 is 9.59 Å². The molecule has 3 aromatic rings. The molecule has 10 heteroatoms. The predicted octanol–water partition coefficient (Wildman–Crippen LogP) is 3.01. The average Bonchev–Trinajstić information content (AvgIpc) is 3.67. The summed E-state index contributed by atoms with van der Waals surface area (Å²) in [5, 5.41) is 7.32. The first-order valence-electron chi connectivity index (χ1n) is 11.9. The molecule has 1 aliphatic carbocycles. The number of aromatic nitrogens is 4. The van der Waals surface area contributed by atoms with Crippen molar-refractivity contribution >= 4 is 29.1 Å². The molecule has 5 rings (SSSR count). The second-order valence-corrected chi connectivity index (χ2v) is 8.99. The molecule has 35 heavy (non-hydrogen) atoms. The highest BCUT2D eigenvalue weighted by Crippen LogP contribution is 2.39. The number of piperidine rings is 1. The second-order valence-electron chi connectivity index (χ2n) is 8.99. The summed E-state index contributed by atoms with van der Waals surface area (Å²) in [6.45, 7) is 3.84. The molecule has 1 aliphatic heterocycles. The van der Waals surface area contributed by atoms with Crippen molar-refractivity contribution in [2.24, 2.45) is 18.5 Å². The van der Waals surface area contributed by atoms with Crippen molar-refractivity contribution in [3.63, 3.8) is 0 Å². The van der Waals surface area contributed by atoms with Gasteiger partial charge in [0.15, 0.2) is 11.5 Å². The third-order valence-electron chi connectivity index (χ3n) is 6.41. The Hall–Kier alpha value is -3.95. The van der Waals surface area contributed by atoms with Gasteiger partial charge in [0.25, 0.3) is 5.91 Å². The summed E-state index contributed by atoms with van der Waals surface area (Å²) in [4.78, 5) is 33.3. The molecule has 2 aromatic heterocycles. The van der Waals surface area contributed by atoms with Crippen LogP contribution in [0.4, 0.5) is 17.3 Å². The number of hydrogen-bond donors (Lipinski definition) is 3. The van der Waals surface area contributed by atoms with Crippen LogP contribution in [0.25, 0.3) is 0 Å². The van der Waals surface area contributed by atoms with Gasteiger partial charge in [-0.2, -0.15) is 5.10 Å². The van der Waals surface area contributed by atoms with E-state index in [0.29, 0.717) is 11.4 Å². The van der Waals surface area contributed by atoms with E-state index in [1.807, 2.05) is 26.1 Å². The first kappa shape index (κ1) is 24.2. The number of carbonyl (C=O) groups is 2. The Kier molecular flexibility index (Phi) is 7.28. The van der Waals surface area contributed by atoms with Crippen molar-refractivity contribution in [1.82, 2.24) is 19.7 Å². The fraction of sp³-hybridized carbons (Fsp3) is 0.400. The first-order valence-corrected chi connectivity index (χ1v) is 11.9. The lowest BCUT2D eigenvalue weighted by Gasteiger charge is -2.27. The van der Waals surface area contributed by atoms with Gasteiger partial charge in [0, 0.05) is 25.7 Å². The first-order chi connectivity index (χ1) is 16.8. The summed E-state index contributed by atoms with van der Waals surface area (Å²) in [5.41, 5.74) is 14.3. The monoisotopic (exact) mass is 476 g/mol. The van der Waals surface area contributed by atoms with Gasteiger partial charge in [-0.15, -0.1) is 0 Å². The minimum absolute atomic E-state index is 0.133. The van der Waals surface area contributed by atoms with Gasteiger partial charge in [0.05, 0.1) is 23.8 Å². The van der Waals surface area contributed by atoms with E-state index in [1.54, 1.807) is 29.2 Å². The van der Waals surface area contributed by atoms with Gasteiger partial charge in [-0.05, 0) is 62.6 Å². The molecule has 2 amide bonds. The Morgan fingerprint density at radius 3 is 2.23 bits per heavy atom. The van der Waals surface area contributed by atoms with Gasteiger partial charge in [0.2, 0.25) is 5.91 Å². The molecule has 1 saturated carbocycles. The minimum atomic E-state index is -0.605. The maximum Gasteiger partial charge on any atom is 0.271 e. The molecule has 0 radical (unpaired) electrons. The zero-order valence-corrected chi connectivity index (χ0v) is 20.2. The number of primary amides is 2. The van der Waals surface area contributed by atoms with Crippen LogP contribution in [0.5, 0.6) is 0 Å². The number of rotatable bonds is 6. The molecule has 0 unspecified atom stereocenters. The summed E-state index contributed by atoms with van der Waals surface area (Å²) >= 11 is 0. The van der Waals surface area contributed by atoms with Gasteiger partial charge in [-0.1, -0.05) is 12.1 Å². The lowest BCUT2D eigenvalue weighted by atomic mass is 10.1. The van der Waals surface area contributed by atoms with Gasteiger partial charge < -0.3 is 21.7 Å². The van der Waals surface area contributed by atoms with Gasteiger partial charge in [-0.3, -0.25) is 14.3 Å². The fourth-order valence-corrected chi connectivity index (χ4v) is 4.01. The van der Waals surface area contributed by atoms with Gasteiger partial charge >= 0.3 is 0 Å². The molecule has 10 nitrogen and oxygen atoms in total. The Labute approximate surface area is 204 Å². The lowest BCUT2D eigenvalue weighted by Crippen LogP contribution is -2.31. The van der Waals surface area contributed by atoms with Crippen LogP contribution in [0.15, 0.2) is 36.7 Å². The Morgan fingerprint density at radius 1 is 1.00 bits per heavy atom. The molecule has 3 heterocycles. The largest absolute Gasteiger partial charge is 0.366 e. The number of nitrogens with zero attached hydrogens (tertiary/aromatic N) is 5. The van der Waals surface area contributed by atoms with E-state index < -0.39 is 5.91 Å². The topological polar surface area (TPSA) is 145 Å². The molecular weight excluding hydrogens is 444 g/mol. The van der Waals surface area contributed by atoms with E-state index in [9.17, 15) is 9.59 Å². The van der Waals surface area contributed by atoms with E-state index in [-0.39, 0.29) is 11.6 Å². The van der Waals surface area contributed by atoms with Crippen molar-refractivity contribution in [2.75, 3.05) is 23.3 Å². The predicted molar refractivity (Wildman–Crippen MR) is 135 cm³/mol. The van der Waals surface area contributed by atoms with Crippen LogP contribution in [-0.4, -0.2) is 44.7 Å². The molecule has 184 valence electrons. The smallest absolute Gasteiger partial charge is 0.271 e. The van der Waals surface area contributed by atoms with Gasteiger partial charge in [0.1, 0.15) is 5.82 Å². The molecule has 0 bridgehead atoms. The van der Waals surface area contributed by atoms with E-state index >= 15 is 0 Å². The number of hydrogen-bond acceptors (Lipinski definition) is 7. The summed E-state index contributed by atoms with van der Waals surface area (Å²) in [7, 11) is 1.85. The second kappa shape index (κ2) is 10.5. The Balaban J connectivity index is 0.000000201.